The predicted octanol–water partition coefficient (Wildman–Crippen LogP) is 3.93. The van der Waals surface area contributed by atoms with Crippen LogP contribution >= 0.6 is 0 Å². The van der Waals surface area contributed by atoms with Crippen LogP contribution in [0, 0.1) is 11.3 Å². The summed E-state index contributed by atoms with van der Waals surface area (Å²) in [4.78, 5) is 17.2. The Morgan fingerprint density at radius 1 is 1.26 bits per heavy atom. The molecular weight excluding hydrogens is 440 g/mol. The van der Waals surface area contributed by atoms with Gasteiger partial charge in [0.1, 0.15) is 12.0 Å². The number of nitrogens with one attached hydrogen (secondary N) is 2. The van der Waals surface area contributed by atoms with Crippen LogP contribution in [0.1, 0.15) is 66.7 Å². The van der Waals surface area contributed by atoms with E-state index in [1.165, 1.54) is 11.1 Å². The van der Waals surface area contributed by atoms with Crippen LogP contribution in [0.15, 0.2) is 28.8 Å². The molecule has 8 nitrogen and oxygen atoms in total. The Balaban J connectivity index is 0.00000137. The number of hydrazone groups is 1. The van der Waals surface area contributed by atoms with E-state index in [4.69, 9.17) is 11.1 Å². The standard InChI is InChI=1S/C20H31F2N7O.2C2H6/c1-2-29(26-13-23)16(10-15(24)19(21)22)14-6-5-8-27(12-14)20(30)17-11-25-18-7-3-4-9-28(17)18;2*1-2/h10-11,13-14,18-19,24-25H,2-9,12H2,1H3,(H2,23,26);2*1-2H3/b16-10-,24-15?;;/t14-,18?;;/m0../s1. The smallest absolute Gasteiger partial charge is 0.279 e. The number of carbonyl (C=O) groups excluding carboxylic acids is 1. The third-order valence-corrected chi connectivity index (χ3v) is 5.91. The summed E-state index contributed by atoms with van der Waals surface area (Å²) in [5, 5.41) is 16.5. The molecule has 0 aliphatic carbocycles. The maximum Gasteiger partial charge on any atom is 0.279 e. The molecule has 0 aromatic carbocycles. The first-order valence-corrected chi connectivity index (χ1v) is 12.6. The molecule has 1 unspecified atom stereocenters. The molecule has 0 radical (unpaired) electrons. The lowest BCUT2D eigenvalue weighted by molar-refractivity contribution is -0.130. The number of hydrogen-bond donors (Lipinski definition) is 3. The van der Waals surface area contributed by atoms with Gasteiger partial charge in [-0.25, -0.2) is 8.78 Å². The van der Waals surface area contributed by atoms with Gasteiger partial charge in [0.25, 0.3) is 12.3 Å². The maximum absolute atomic E-state index is 13.3. The zero-order chi connectivity index (χ0) is 25.7. The van der Waals surface area contributed by atoms with Gasteiger partial charge in [0.2, 0.25) is 0 Å². The Morgan fingerprint density at radius 2 is 1.97 bits per heavy atom. The summed E-state index contributed by atoms with van der Waals surface area (Å²) in [6.45, 7) is 12.1. The van der Waals surface area contributed by atoms with E-state index in [1.807, 2.05) is 40.8 Å². The molecule has 0 saturated carbocycles. The highest BCUT2D eigenvalue weighted by atomic mass is 19.3. The molecule has 3 rings (SSSR count). The first-order chi connectivity index (χ1) is 16.5. The first-order valence-electron chi connectivity index (χ1n) is 12.6. The van der Waals surface area contributed by atoms with Gasteiger partial charge in [0, 0.05) is 44.0 Å². The average molecular weight is 484 g/mol. The Hall–Kier alpha value is -2.65. The number of nitrogens with zero attached hydrogens (tertiary/aromatic N) is 4. The molecular formula is C24H43F2N7O. The zero-order valence-electron chi connectivity index (χ0n) is 21.4. The van der Waals surface area contributed by atoms with E-state index in [2.05, 4.69) is 15.3 Å². The number of amides is 1. The maximum atomic E-state index is 13.3. The number of rotatable bonds is 7. The van der Waals surface area contributed by atoms with E-state index >= 15 is 0 Å². The van der Waals surface area contributed by atoms with Crippen LogP contribution in [0.25, 0.3) is 0 Å². The largest absolute Gasteiger partial charge is 0.388 e. The molecule has 0 aromatic heterocycles. The third-order valence-electron chi connectivity index (χ3n) is 5.91. The number of piperidine rings is 2. The quantitative estimate of drug-likeness (QED) is 0.289. The minimum absolute atomic E-state index is 0.0368. The number of fused-ring (bicyclic) bond motifs is 1. The Labute approximate surface area is 203 Å². The topological polar surface area (TPSA) is 101 Å². The molecule has 0 spiro atoms. The molecule has 0 aromatic rings. The fraction of sp³-hybridized carbons (Fsp3) is 0.708. The molecule has 10 heteroatoms. The predicted molar refractivity (Wildman–Crippen MR) is 134 cm³/mol. The molecule has 2 fully saturated rings. The minimum Gasteiger partial charge on any atom is -0.388 e. The van der Waals surface area contributed by atoms with Crippen LogP contribution in [0.3, 0.4) is 0 Å². The van der Waals surface area contributed by atoms with E-state index in [1.54, 1.807) is 4.90 Å². The molecule has 0 bridgehead atoms. The fourth-order valence-corrected chi connectivity index (χ4v) is 4.44. The second-order valence-corrected chi connectivity index (χ2v) is 7.80. The van der Waals surface area contributed by atoms with Crippen molar-refractivity contribution < 1.29 is 13.6 Å². The van der Waals surface area contributed by atoms with Gasteiger partial charge >= 0.3 is 0 Å². The van der Waals surface area contributed by atoms with Gasteiger partial charge in [-0.05, 0) is 45.1 Å². The number of alkyl halides is 2. The summed E-state index contributed by atoms with van der Waals surface area (Å²) in [5.74, 6) is -0.233. The highest BCUT2D eigenvalue weighted by Gasteiger charge is 2.36. The summed E-state index contributed by atoms with van der Waals surface area (Å²) in [6, 6.07) is 0. The zero-order valence-corrected chi connectivity index (χ0v) is 21.4. The van der Waals surface area contributed by atoms with Crippen LogP contribution < -0.4 is 11.1 Å². The minimum atomic E-state index is -2.87. The number of hydrogen-bond acceptors (Lipinski definition) is 6. The molecule has 3 aliphatic heterocycles. The van der Waals surface area contributed by atoms with Crippen molar-refractivity contribution in [1.82, 2.24) is 20.1 Å². The molecule has 4 N–H and O–H groups in total. The van der Waals surface area contributed by atoms with Gasteiger partial charge in [-0.1, -0.05) is 27.7 Å². The Morgan fingerprint density at radius 3 is 2.59 bits per heavy atom. The van der Waals surface area contributed by atoms with Crippen LogP contribution in [0.4, 0.5) is 8.78 Å². The van der Waals surface area contributed by atoms with Crippen molar-refractivity contribution in [3.8, 4) is 0 Å². The van der Waals surface area contributed by atoms with Crippen molar-refractivity contribution in [1.29, 1.82) is 5.41 Å². The van der Waals surface area contributed by atoms with Crippen LogP contribution in [-0.2, 0) is 4.79 Å². The van der Waals surface area contributed by atoms with E-state index in [9.17, 15) is 13.6 Å². The second-order valence-electron chi connectivity index (χ2n) is 7.80. The van der Waals surface area contributed by atoms with Crippen LogP contribution in [0.5, 0.6) is 0 Å². The highest BCUT2D eigenvalue weighted by Crippen LogP contribution is 2.30. The van der Waals surface area contributed by atoms with E-state index in [0.717, 1.165) is 45.0 Å². The normalized spacial score (nSPS) is 22.1. The first kappa shape index (κ1) is 29.4. The molecule has 34 heavy (non-hydrogen) atoms. The summed E-state index contributed by atoms with van der Waals surface area (Å²) < 4.78 is 26.1. The summed E-state index contributed by atoms with van der Waals surface area (Å²) in [5.41, 5.74) is 5.85. The number of carbonyl (C=O) groups is 1. The van der Waals surface area contributed by atoms with E-state index in [0.29, 0.717) is 31.0 Å². The van der Waals surface area contributed by atoms with Crippen molar-refractivity contribution in [2.45, 2.75) is 79.3 Å². The summed E-state index contributed by atoms with van der Waals surface area (Å²) in [6.07, 6.45) is 6.13. The Kier molecular flexibility index (Phi) is 13.2. The number of allylic oxidation sites excluding steroid dienone is 1. The van der Waals surface area contributed by atoms with Gasteiger partial charge in [0.15, 0.2) is 0 Å². The second kappa shape index (κ2) is 15.3. The van der Waals surface area contributed by atoms with Crippen LogP contribution in [0.2, 0.25) is 0 Å². The monoisotopic (exact) mass is 483 g/mol. The van der Waals surface area contributed by atoms with Crippen molar-refractivity contribution >= 4 is 18.0 Å². The SMILES string of the molecule is CC.CC.CCN(/N=C\N)/C(=C\C(=N)C(F)F)[C@H]1CCCN(C(=O)C2=CNC3CCCCN23)C1. The van der Waals surface area contributed by atoms with Crippen molar-refractivity contribution in [2.75, 3.05) is 26.2 Å². The van der Waals surface area contributed by atoms with E-state index in [-0.39, 0.29) is 18.0 Å². The average Bonchev–Trinajstić information content (AvgIpc) is 3.32. The highest BCUT2D eigenvalue weighted by molar-refractivity contribution is 5.95. The van der Waals surface area contributed by atoms with Crippen molar-refractivity contribution in [3.05, 3.63) is 23.7 Å². The number of halogens is 2. The van der Waals surface area contributed by atoms with Gasteiger partial charge in [-0.15, -0.1) is 0 Å². The number of likely N-dealkylation sites (tertiary alicyclic amines) is 1. The van der Waals surface area contributed by atoms with E-state index < -0.39 is 12.1 Å². The Bertz CT molecular complexity index is 739. The molecule has 3 heterocycles. The molecule has 2 saturated heterocycles. The lowest BCUT2D eigenvalue weighted by atomic mass is 9.93. The third kappa shape index (κ3) is 7.43. The summed E-state index contributed by atoms with van der Waals surface area (Å²) in [7, 11) is 0. The van der Waals surface area contributed by atoms with Gasteiger partial charge in [-0.3, -0.25) is 15.2 Å². The lowest BCUT2D eigenvalue weighted by Crippen LogP contribution is -2.47. The van der Waals surface area contributed by atoms with Gasteiger partial charge < -0.3 is 20.9 Å². The molecule has 194 valence electrons. The number of nitrogens with two attached hydrogens (primary N) is 1. The van der Waals surface area contributed by atoms with Crippen LogP contribution in [-0.4, -0.2) is 71.5 Å². The molecule has 3 aliphatic rings. The van der Waals surface area contributed by atoms with Gasteiger partial charge in [-0.2, -0.15) is 5.10 Å². The summed E-state index contributed by atoms with van der Waals surface area (Å²) >= 11 is 0. The van der Waals surface area contributed by atoms with Gasteiger partial charge in [0.05, 0.1) is 11.9 Å². The van der Waals surface area contributed by atoms with Crippen molar-refractivity contribution in [2.24, 2.45) is 16.8 Å². The molecule has 2 atom stereocenters. The van der Waals surface area contributed by atoms with Crippen molar-refractivity contribution in [3.63, 3.8) is 0 Å². The lowest BCUT2D eigenvalue weighted by Gasteiger charge is -2.38. The fourth-order valence-electron chi connectivity index (χ4n) is 4.44. The molecule has 1 amide bonds.